The molecule has 158 valence electrons. The number of aromatic nitrogens is 2. The molecule has 0 radical (unpaired) electrons. The van der Waals surface area contributed by atoms with Gasteiger partial charge in [0.15, 0.2) is 0 Å². The van der Waals surface area contributed by atoms with Crippen LogP contribution in [-0.4, -0.2) is 22.1 Å². The van der Waals surface area contributed by atoms with Crippen molar-refractivity contribution < 1.29 is 9.53 Å². The van der Waals surface area contributed by atoms with Gasteiger partial charge in [0.2, 0.25) is 0 Å². The molecule has 0 amide bonds. The number of pyridine rings is 1. The summed E-state index contributed by atoms with van der Waals surface area (Å²) in [5.41, 5.74) is 5.17. The van der Waals surface area contributed by atoms with Crippen LogP contribution in [0.3, 0.4) is 0 Å². The molecule has 0 saturated carbocycles. The van der Waals surface area contributed by atoms with E-state index in [0.717, 1.165) is 33.1 Å². The van der Waals surface area contributed by atoms with Gasteiger partial charge in [-0.25, -0.2) is 9.78 Å². The number of para-hydroxylation sites is 1. The van der Waals surface area contributed by atoms with Crippen molar-refractivity contribution in [3.05, 3.63) is 101 Å². The first-order valence-electron chi connectivity index (χ1n) is 10.5. The molecule has 32 heavy (non-hydrogen) atoms. The Labute approximate surface area is 191 Å². The Morgan fingerprint density at radius 2 is 1.66 bits per heavy atom. The SMILES string of the molecule is CCOC(=O)c1cc2c3ccccc3n(Cc3ccccc3)c2c(-c2ccc(Cl)cc2)n1. The minimum absolute atomic E-state index is 0.296. The van der Waals surface area contributed by atoms with Crippen molar-refractivity contribution in [1.82, 2.24) is 9.55 Å². The number of nitrogens with zero attached hydrogens (tertiary/aromatic N) is 2. The molecule has 0 unspecified atom stereocenters. The van der Waals surface area contributed by atoms with E-state index in [1.54, 1.807) is 6.92 Å². The molecule has 5 aromatic rings. The average Bonchev–Trinajstić information content (AvgIpc) is 3.14. The minimum atomic E-state index is -0.426. The number of rotatable bonds is 5. The van der Waals surface area contributed by atoms with Crippen LogP contribution in [0, 0.1) is 0 Å². The summed E-state index contributed by atoms with van der Waals surface area (Å²) in [5, 5.41) is 2.69. The van der Waals surface area contributed by atoms with Crippen LogP contribution >= 0.6 is 11.6 Å². The fourth-order valence-electron chi connectivity index (χ4n) is 4.12. The molecule has 0 saturated heterocycles. The third-order valence-corrected chi connectivity index (χ3v) is 5.79. The van der Waals surface area contributed by atoms with Gasteiger partial charge in [0.25, 0.3) is 0 Å². The third kappa shape index (κ3) is 3.63. The van der Waals surface area contributed by atoms with Gasteiger partial charge in [-0.1, -0.05) is 72.3 Å². The molecule has 0 aliphatic rings. The van der Waals surface area contributed by atoms with E-state index in [9.17, 15) is 4.79 Å². The molecule has 2 heterocycles. The lowest BCUT2D eigenvalue weighted by Crippen LogP contribution is -2.09. The van der Waals surface area contributed by atoms with E-state index in [-0.39, 0.29) is 0 Å². The maximum Gasteiger partial charge on any atom is 0.356 e. The highest BCUT2D eigenvalue weighted by Gasteiger charge is 2.21. The monoisotopic (exact) mass is 440 g/mol. The van der Waals surface area contributed by atoms with Crippen molar-refractivity contribution in [2.75, 3.05) is 6.61 Å². The van der Waals surface area contributed by atoms with E-state index in [1.807, 2.05) is 60.7 Å². The van der Waals surface area contributed by atoms with Crippen LogP contribution in [0.5, 0.6) is 0 Å². The maximum absolute atomic E-state index is 12.6. The van der Waals surface area contributed by atoms with Gasteiger partial charge < -0.3 is 9.30 Å². The lowest BCUT2D eigenvalue weighted by molar-refractivity contribution is 0.0520. The molecule has 2 aromatic heterocycles. The number of carbonyl (C=O) groups is 1. The number of halogens is 1. The Morgan fingerprint density at radius 3 is 2.41 bits per heavy atom. The molecule has 0 spiro atoms. The predicted octanol–water partition coefficient (Wildman–Crippen LogP) is 6.73. The molecule has 3 aromatic carbocycles. The highest BCUT2D eigenvalue weighted by atomic mass is 35.5. The lowest BCUT2D eigenvalue weighted by atomic mass is 10.1. The van der Waals surface area contributed by atoms with Gasteiger partial charge in [-0.05, 0) is 36.8 Å². The number of fused-ring (bicyclic) bond motifs is 3. The summed E-state index contributed by atoms with van der Waals surface area (Å²) in [7, 11) is 0. The van der Waals surface area contributed by atoms with Crippen LogP contribution in [0.25, 0.3) is 33.1 Å². The third-order valence-electron chi connectivity index (χ3n) is 5.53. The molecule has 0 N–H and O–H groups in total. The summed E-state index contributed by atoms with van der Waals surface area (Å²) >= 11 is 6.14. The Kier molecular flexibility index (Phi) is 5.38. The summed E-state index contributed by atoms with van der Waals surface area (Å²) in [6, 6.07) is 28.0. The predicted molar refractivity (Wildman–Crippen MR) is 129 cm³/mol. The normalized spacial score (nSPS) is 11.2. The number of ether oxygens (including phenoxy) is 1. The van der Waals surface area contributed by atoms with E-state index < -0.39 is 5.97 Å². The van der Waals surface area contributed by atoms with E-state index in [0.29, 0.717) is 23.9 Å². The second kappa shape index (κ2) is 8.48. The second-order valence-electron chi connectivity index (χ2n) is 7.57. The first-order valence-corrected chi connectivity index (χ1v) is 10.9. The van der Waals surface area contributed by atoms with Crippen LogP contribution in [-0.2, 0) is 11.3 Å². The number of hydrogen-bond donors (Lipinski definition) is 0. The minimum Gasteiger partial charge on any atom is -0.461 e. The van der Waals surface area contributed by atoms with Crippen molar-refractivity contribution in [2.24, 2.45) is 0 Å². The Morgan fingerprint density at radius 1 is 0.938 bits per heavy atom. The zero-order valence-electron chi connectivity index (χ0n) is 17.6. The van der Waals surface area contributed by atoms with Crippen LogP contribution in [0.15, 0.2) is 84.9 Å². The summed E-state index contributed by atoms with van der Waals surface area (Å²) in [4.78, 5) is 17.4. The molecule has 5 rings (SSSR count). The Hall–Kier alpha value is -3.63. The fraction of sp³-hybridized carbons (Fsp3) is 0.111. The molecule has 4 nitrogen and oxygen atoms in total. The maximum atomic E-state index is 12.6. The van der Waals surface area contributed by atoms with Crippen LogP contribution in [0.4, 0.5) is 0 Å². The molecule has 0 aliphatic carbocycles. The zero-order chi connectivity index (χ0) is 22.1. The summed E-state index contributed by atoms with van der Waals surface area (Å²) in [5.74, 6) is -0.426. The first-order chi connectivity index (χ1) is 15.7. The topological polar surface area (TPSA) is 44.1 Å². The van der Waals surface area contributed by atoms with Crippen LogP contribution in [0.2, 0.25) is 5.02 Å². The van der Waals surface area contributed by atoms with Gasteiger partial charge in [-0.3, -0.25) is 0 Å². The molecule has 0 fully saturated rings. The van der Waals surface area contributed by atoms with Gasteiger partial charge in [-0.15, -0.1) is 0 Å². The Bertz CT molecular complexity index is 1420. The van der Waals surface area contributed by atoms with Gasteiger partial charge in [0.1, 0.15) is 5.69 Å². The van der Waals surface area contributed by atoms with Crippen LogP contribution in [0.1, 0.15) is 23.0 Å². The molecule has 0 aliphatic heterocycles. The Balaban J connectivity index is 1.85. The number of esters is 1. The van der Waals surface area contributed by atoms with Crippen molar-refractivity contribution in [1.29, 1.82) is 0 Å². The van der Waals surface area contributed by atoms with Gasteiger partial charge in [-0.2, -0.15) is 0 Å². The van der Waals surface area contributed by atoms with Crippen LogP contribution < -0.4 is 0 Å². The molecule has 0 atom stereocenters. The summed E-state index contributed by atoms with van der Waals surface area (Å²) in [6.07, 6.45) is 0. The smallest absolute Gasteiger partial charge is 0.356 e. The number of benzene rings is 3. The fourth-order valence-corrected chi connectivity index (χ4v) is 4.25. The molecule has 5 heteroatoms. The van der Waals surface area contributed by atoms with E-state index in [1.165, 1.54) is 5.56 Å². The molecular weight excluding hydrogens is 420 g/mol. The van der Waals surface area contributed by atoms with Crippen molar-refractivity contribution in [3.8, 4) is 11.3 Å². The highest BCUT2D eigenvalue weighted by molar-refractivity contribution is 6.30. The zero-order valence-corrected chi connectivity index (χ0v) is 18.3. The number of hydrogen-bond acceptors (Lipinski definition) is 3. The van der Waals surface area contributed by atoms with E-state index >= 15 is 0 Å². The first kappa shape index (κ1) is 20.3. The van der Waals surface area contributed by atoms with Gasteiger partial charge >= 0.3 is 5.97 Å². The van der Waals surface area contributed by atoms with Crippen molar-refractivity contribution >= 4 is 39.4 Å². The lowest BCUT2D eigenvalue weighted by Gasteiger charge is -2.12. The van der Waals surface area contributed by atoms with Gasteiger partial charge in [0.05, 0.1) is 17.8 Å². The van der Waals surface area contributed by atoms with Crippen molar-refractivity contribution in [3.63, 3.8) is 0 Å². The largest absolute Gasteiger partial charge is 0.461 e. The quantitative estimate of drug-likeness (QED) is 0.284. The molecular formula is C27H21ClN2O2. The number of carbonyl (C=O) groups excluding carboxylic acids is 1. The van der Waals surface area contributed by atoms with E-state index in [4.69, 9.17) is 21.3 Å². The average molecular weight is 441 g/mol. The summed E-state index contributed by atoms with van der Waals surface area (Å²) < 4.78 is 7.54. The summed E-state index contributed by atoms with van der Waals surface area (Å²) in [6.45, 7) is 2.78. The molecule has 0 bridgehead atoms. The van der Waals surface area contributed by atoms with Crippen molar-refractivity contribution in [2.45, 2.75) is 13.5 Å². The second-order valence-corrected chi connectivity index (χ2v) is 8.00. The standard InChI is InChI=1S/C27H21ClN2O2/c1-2-32-27(31)23-16-22-21-10-6-7-11-24(21)30(17-18-8-4-3-5-9-18)26(22)25(29-23)19-12-14-20(28)15-13-19/h3-16H,2,17H2,1H3. The van der Waals surface area contributed by atoms with E-state index in [2.05, 4.69) is 28.8 Å². The highest BCUT2D eigenvalue weighted by Crippen LogP contribution is 2.36. The van der Waals surface area contributed by atoms with Gasteiger partial charge in [0, 0.05) is 33.4 Å².